The maximum atomic E-state index is 6.21. The van der Waals surface area contributed by atoms with E-state index in [2.05, 4.69) is 34.6 Å². The van der Waals surface area contributed by atoms with Gasteiger partial charge in [0.15, 0.2) is 12.6 Å². The first-order valence-corrected chi connectivity index (χ1v) is 10.8. The number of rotatable bonds is 7. The molecule has 2 fully saturated rings. The summed E-state index contributed by atoms with van der Waals surface area (Å²) in [6.45, 7) is 11.0. The van der Waals surface area contributed by atoms with Crippen molar-refractivity contribution in [2.24, 2.45) is 0 Å². The van der Waals surface area contributed by atoms with Gasteiger partial charge in [-0.2, -0.15) is 0 Å². The zero-order chi connectivity index (χ0) is 21.4. The van der Waals surface area contributed by atoms with E-state index in [9.17, 15) is 0 Å². The van der Waals surface area contributed by atoms with Crippen LogP contribution in [0.3, 0.4) is 0 Å². The van der Waals surface area contributed by atoms with Crippen LogP contribution in [0.4, 0.5) is 0 Å². The quantitative estimate of drug-likeness (QED) is 0.480. The van der Waals surface area contributed by atoms with Gasteiger partial charge in [0.2, 0.25) is 0 Å². The first-order chi connectivity index (χ1) is 14.3. The summed E-state index contributed by atoms with van der Waals surface area (Å²) in [6.07, 6.45) is 1.26. The van der Waals surface area contributed by atoms with E-state index in [1.165, 1.54) is 0 Å². The summed E-state index contributed by atoms with van der Waals surface area (Å²) in [6, 6.07) is 15.9. The van der Waals surface area contributed by atoms with Gasteiger partial charge in [-0.25, -0.2) is 0 Å². The van der Waals surface area contributed by atoms with E-state index in [-0.39, 0.29) is 17.5 Å². The van der Waals surface area contributed by atoms with Crippen molar-refractivity contribution >= 4 is 12.6 Å². The number of unbranched alkanes of at least 4 members (excludes halogenated alkanes) is 1. The Bertz CT molecular complexity index is 845. The molecule has 2 heterocycles. The van der Waals surface area contributed by atoms with Crippen LogP contribution in [0.5, 0.6) is 5.75 Å². The summed E-state index contributed by atoms with van der Waals surface area (Å²) in [5, 5.41) is 0. The number of benzene rings is 2. The number of hydrogen-bond acceptors (Lipinski definition) is 5. The number of hydrogen-bond donors (Lipinski definition) is 0. The summed E-state index contributed by atoms with van der Waals surface area (Å²) in [4.78, 5) is 0. The molecular formula is C24H31BO5. The van der Waals surface area contributed by atoms with Crippen LogP contribution in [0, 0.1) is 0 Å². The minimum Gasteiger partial charge on any atom is -0.493 e. The molecule has 0 amide bonds. The monoisotopic (exact) mass is 410 g/mol. The molecule has 4 rings (SSSR count). The molecule has 0 aromatic heterocycles. The molecule has 0 bridgehead atoms. The van der Waals surface area contributed by atoms with Gasteiger partial charge in [-0.05, 0) is 45.6 Å². The van der Waals surface area contributed by atoms with Crippen LogP contribution in [-0.2, 0) is 18.8 Å². The third-order valence-electron chi connectivity index (χ3n) is 6.14. The second-order valence-electron chi connectivity index (χ2n) is 8.93. The van der Waals surface area contributed by atoms with Gasteiger partial charge in [-0.3, -0.25) is 0 Å². The zero-order valence-electron chi connectivity index (χ0n) is 18.5. The lowest BCUT2D eigenvalue weighted by Gasteiger charge is -2.37. The third-order valence-corrected chi connectivity index (χ3v) is 6.14. The topological polar surface area (TPSA) is 46.2 Å². The Hall–Kier alpha value is -1.86. The molecule has 0 spiro atoms. The van der Waals surface area contributed by atoms with Gasteiger partial charge in [0.05, 0.1) is 17.8 Å². The minimum absolute atomic E-state index is 0.345. The summed E-state index contributed by atoms with van der Waals surface area (Å²) in [7, 11) is -0.433. The van der Waals surface area contributed by atoms with E-state index in [0.29, 0.717) is 6.61 Å². The largest absolute Gasteiger partial charge is 0.494 e. The van der Waals surface area contributed by atoms with Crippen LogP contribution < -0.4 is 10.2 Å². The lowest BCUT2D eigenvalue weighted by atomic mass is 9.78. The van der Waals surface area contributed by atoms with Crippen LogP contribution in [0.15, 0.2) is 48.5 Å². The molecule has 0 unspecified atom stereocenters. The van der Waals surface area contributed by atoms with Crippen molar-refractivity contribution in [1.29, 1.82) is 0 Å². The maximum Gasteiger partial charge on any atom is 0.494 e. The average molecular weight is 410 g/mol. The average Bonchev–Trinajstić information content (AvgIpc) is 2.90. The third kappa shape index (κ3) is 4.15. The molecule has 2 aromatic rings. The summed E-state index contributed by atoms with van der Waals surface area (Å²) in [5.74, 6) is 0.757. The highest BCUT2D eigenvalue weighted by Crippen LogP contribution is 2.44. The van der Waals surface area contributed by atoms with Crippen LogP contribution in [0.2, 0.25) is 0 Å². The Kier molecular flexibility index (Phi) is 5.95. The predicted octanol–water partition coefficient (Wildman–Crippen LogP) is 4.91. The second kappa shape index (κ2) is 8.35. The molecule has 2 aliphatic heterocycles. The van der Waals surface area contributed by atoms with E-state index in [0.717, 1.165) is 35.2 Å². The first kappa shape index (κ1) is 21.4. The van der Waals surface area contributed by atoms with Gasteiger partial charge in [0.25, 0.3) is 0 Å². The van der Waals surface area contributed by atoms with Crippen molar-refractivity contribution in [1.82, 2.24) is 0 Å². The highest BCUT2D eigenvalue weighted by molar-refractivity contribution is 6.62. The van der Waals surface area contributed by atoms with Crippen molar-refractivity contribution in [3.8, 4) is 5.75 Å². The maximum absolute atomic E-state index is 6.21. The molecule has 6 heteroatoms. The molecule has 160 valence electrons. The Morgan fingerprint density at radius 2 is 1.57 bits per heavy atom. The van der Waals surface area contributed by atoms with Crippen molar-refractivity contribution in [3.05, 3.63) is 59.7 Å². The molecule has 0 radical (unpaired) electrons. The predicted molar refractivity (Wildman–Crippen MR) is 117 cm³/mol. The summed E-state index contributed by atoms with van der Waals surface area (Å²) in [5.41, 5.74) is 2.06. The van der Waals surface area contributed by atoms with Gasteiger partial charge >= 0.3 is 7.12 Å². The van der Waals surface area contributed by atoms with Crippen molar-refractivity contribution < 1.29 is 23.5 Å². The smallest absolute Gasteiger partial charge is 0.493 e. The summed E-state index contributed by atoms with van der Waals surface area (Å²) < 4.78 is 30.6. The normalized spacial score (nSPS) is 24.5. The lowest BCUT2D eigenvalue weighted by molar-refractivity contribution is -0.397. The fourth-order valence-corrected chi connectivity index (χ4v) is 3.47. The van der Waals surface area contributed by atoms with Crippen LogP contribution in [0.1, 0.15) is 71.2 Å². The highest BCUT2D eigenvalue weighted by Gasteiger charge is 2.52. The highest BCUT2D eigenvalue weighted by atomic mass is 16.9. The Morgan fingerprint density at radius 3 is 2.20 bits per heavy atom. The van der Waals surface area contributed by atoms with E-state index >= 15 is 0 Å². The second-order valence-corrected chi connectivity index (χ2v) is 8.93. The van der Waals surface area contributed by atoms with Crippen LogP contribution in [0.25, 0.3) is 0 Å². The Balaban J connectivity index is 1.53. The van der Waals surface area contributed by atoms with E-state index in [4.69, 9.17) is 23.5 Å². The van der Waals surface area contributed by atoms with Gasteiger partial charge in [-0.1, -0.05) is 55.8 Å². The first-order valence-electron chi connectivity index (χ1n) is 10.8. The molecule has 2 aliphatic rings. The van der Waals surface area contributed by atoms with Crippen LogP contribution >= 0.6 is 0 Å². The standard InChI is InChI=1S/C24H31BO5/c1-6-7-15-26-20-16-18(25-29-23(2,3)24(4,5)30-25)13-14-19(20)22-27-21(28-22)17-11-9-8-10-12-17/h8-14,16,21-22H,6-7,15H2,1-5H3. The number of ether oxygens (including phenoxy) is 3. The van der Waals surface area contributed by atoms with Gasteiger partial charge in [0.1, 0.15) is 5.75 Å². The van der Waals surface area contributed by atoms with E-state index in [1.807, 2.05) is 48.5 Å². The molecule has 5 nitrogen and oxygen atoms in total. The minimum atomic E-state index is -0.445. The fraction of sp³-hybridized carbons (Fsp3) is 0.500. The van der Waals surface area contributed by atoms with Gasteiger partial charge in [-0.15, -0.1) is 0 Å². The van der Waals surface area contributed by atoms with Crippen LogP contribution in [-0.4, -0.2) is 24.9 Å². The van der Waals surface area contributed by atoms with Gasteiger partial charge in [0, 0.05) is 11.1 Å². The molecule has 0 N–H and O–H groups in total. The van der Waals surface area contributed by atoms with Gasteiger partial charge < -0.3 is 23.5 Å². The van der Waals surface area contributed by atoms with E-state index in [1.54, 1.807) is 0 Å². The van der Waals surface area contributed by atoms with Crippen molar-refractivity contribution in [2.75, 3.05) is 6.61 Å². The Labute approximate surface area is 179 Å². The van der Waals surface area contributed by atoms with Crippen molar-refractivity contribution in [2.45, 2.75) is 71.2 Å². The zero-order valence-corrected chi connectivity index (χ0v) is 18.5. The molecule has 2 saturated heterocycles. The fourth-order valence-electron chi connectivity index (χ4n) is 3.47. The molecule has 0 atom stereocenters. The molecule has 30 heavy (non-hydrogen) atoms. The SMILES string of the molecule is CCCCOc1cc(B2OC(C)(C)C(C)(C)O2)ccc1C1OC(c2ccccc2)O1. The molecule has 0 aliphatic carbocycles. The lowest BCUT2D eigenvalue weighted by Crippen LogP contribution is -2.41. The molecular weight excluding hydrogens is 379 g/mol. The Morgan fingerprint density at radius 1 is 0.900 bits per heavy atom. The summed E-state index contributed by atoms with van der Waals surface area (Å²) >= 11 is 0. The molecule has 0 saturated carbocycles. The van der Waals surface area contributed by atoms with E-state index < -0.39 is 13.4 Å². The van der Waals surface area contributed by atoms with Crippen molar-refractivity contribution in [3.63, 3.8) is 0 Å². The molecule has 2 aromatic carbocycles.